The maximum atomic E-state index is 11.7. The number of hydrogen-bond donors (Lipinski definition) is 1. The van der Waals surface area contributed by atoms with Crippen molar-refractivity contribution in [3.05, 3.63) is 70.0 Å². The fourth-order valence-corrected chi connectivity index (χ4v) is 4.19. The van der Waals surface area contributed by atoms with Crippen LogP contribution in [0.1, 0.15) is 5.56 Å². The van der Waals surface area contributed by atoms with E-state index in [4.69, 9.17) is 23.9 Å². The molecule has 160 valence electrons. The zero-order chi connectivity index (χ0) is 22.2. The van der Waals surface area contributed by atoms with Crippen LogP contribution in [-0.2, 0) is 0 Å². The Morgan fingerprint density at radius 2 is 1.97 bits per heavy atom. The number of imidazole rings is 1. The van der Waals surface area contributed by atoms with E-state index in [0.717, 1.165) is 28.1 Å². The van der Waals surface area contributed by atoms with Gasteiger partial charge in [0, 0.05) is 18.0 Å². The van der Waals surface area contributed by atoms with Gasteiger partial charge in [0.05, 0.1) is 18.9 Å². The first-order valence-corrected chi connectivity index (χ1v) is 10.4. The number of aromatic hydroxyl groups is 1. The number of phenols is 1. The van der Waals surface area contributed by atoms with E-state index in [1.165, 1.54) is 14.2 Å². The van der Waals surface area contributed by atoms with E-state index in [0.29, 0.717) is 33.3 Å². The summed E-state index contributed by atoms with van der Waals surface area (Å²) in [5.41, 5.74) is 3.27. The Morgan fingerprint density at radius 1 is 1.12 bits per heavy atom. The second kappa shape index (κ2) is 7.86. The molecule has 3 aromatic heterocycles. The zero-order valence-corrected chi connectivity index (χ0v) is 17.9. The van der Waals surface area contributed by atoms with Gasteiger partial charge in [-0.3, -0.25) is 4.40 Å². The Balaban J connectivity index is 1.66. The molecule has 1 N–H and O–H groups in total. The van der Waals surface area contributed by atoms with Crippen LogP contribution >= 0.6 is 11.3 Å². The molecule has 32 heavy (non-hydrogen) atoms. The summed E-state index contributed by atoms with van der Waals surface area (Å²) in [7, 11) is 3.02. The largest absolute Gasteiger partial charge is 0.504 e. The van der Waals surface area contributed by atoms with E-state index < -0.39 is 4.94 Å². The highest BCUT2D eigenvalue weighted by Gasteiger charge is 2.16. The molecular weight excluding hydrogens is 430 g/mol. The summed E-state index contributed by atoms with van der Waals surface area (Å²) < 4.78 is 18.4. The Labute approximate surface area is 185 Å². The topological polar surface area (TPSA) is 98.6 Å². The van der Waals surface area contributed by atoms with Crippen molar-refractivity contribution in [1.82, 2.24) is 9.38 Å². The van der Waals surface area contributed by atoms with Crippen LogP contribution in [0.2, 0.25) is 0 Å². The maximum Gasteiger partial charge on any atom is 0.396 e. The van der Waals surface area contributed by atoms with Crippen LogP contribution in [0.5, 0.6) is 17.2 Å². The minimum Gasteiger partial charge on any atom is -0.504 e. The zero-order valence-electron chi connectivity index (χ0n) is 17.1. The minimum absolute atomic E-state index is 0.0459. The summed E-state index contributed by atoms with van der Waals surface area (Å²) in [6.45, 7) is 0. The number of fused-ring (bicyclic) bond motifs is 2. The van der Waals surface area contributed by atoms with Gasteiger partial charge >= 0.3 is 4.94 Å². The second-order valence-electron chi connectivity index (χ2n) is 6.86. The maximum absolute atomic E-state index is 11.7. The molecular formula is C23H17N3O5S. The summed E-state index contributed by atoms with van der Waals surface area (Å²) in [5, 5.41) is 9.96. The van der Waals surface area contributed by atoms with Crippen molar-refractivity contribution in [1.29, 1.82) is 0 Å². The lowest BCUT2D eigenvalue weighted by molar-refractivity contribution is 0.373. The molecule has 9 heteroatoms. The Morgan fingerprint density at radius 3 is 2.78 bits per heavy atom. The highest BCUT2D eigenvalue weighted by Crippen LogP contribution is 2.36. The minimum atomic E-state index is -0.391. The van der Waals surface area contributed by atoms with Crippen molar-refractivity contribution in [2.45, 2.75) is 0 Å². The number of aliphatic imine (C=N–C) groups is 1. The molecule has 0 aliphatic rings. The van der Waals surface area contributed by atoms with Gasteiger partial charge in [-0.05, 0) is 48.0 Å². The van der Waals surface area contributed by atoms with Gasteiger partial charge in [-0.15, -0.1) is 0 Å². The number of methoxy groups -OCH3 is 2. The number of phenolic OH excluding ortho intramolecular Hbond substituents is 1. The summed E-state index contributed by atoms with van der Waals surface area (Å²) in [5.74, 6) is 1.46. The van der Waals surface area contributed by atoms with Crippen LogP contribution in [0.15, 0.2) is 68.9 Å². The Bertz CT molecular complexity index is 1550. The molecule has 8 nitrogen and oxygen atoms in total. The van der Waals surface area contributed by atoms with E-state index >= 15 is 0 Å². The number of pyridine rings is 1. The third-order valence-electron chi connectivity index (χ3n) is 4.94. The molecule has 0 bridgehead atoms. The second-order valence-corrected chi connectivity index (χ2v) is 7.84. The number of benzene rings is 2. The van der Waals surface area contributed by atoms with E-state index in [-0.39, 0.29) is 5.75 Å². The molecule has 0 fully saturated rings. The summed E-state index contributed by atoms with van der Waals surface area (Å²) in [6.07, 6.45) is 3.56. The fraction of sp³-hybridized carbons (Fsp3) is 0.0870. The predicted molar refractivity (Wildman–Crippen MR) is 123 cm³/mol. The van der Waals surface area contributed by atoms with Gasteiger partial charge in [-0.2, -0.15) is 0 Å². The molecule has 0 saturated carbocycles. The molecule has 3 heterocycles. The molecule has 0 radical (unpaired) electrons. The van der Waals surface area contributed by atoms with Crippen molar-refractivity contribution in [2.75, 3.05) is 14.2 Å². The Kier molecular flexibility index (Phi) is 4.87. The van der Waals surface area contributed by atoms with Crippen LogP contribution in [0.25, 0.3) is 27.2 Å². The molecule has 0 saturated heterocycles. The van der Waals surface area contributed by atoms with E-state index in [1.807, 2.05) is 34.9 Å². The fourth-order valence-electron chi connectivity index (χ4n) is 3.45. The predicted octanol–water partition coefficient (Wildman–Crippen LogP) is 4.64. The first-order valence-electron chi connectivity index (χ1n) is 9.57. The van der Waals surface area contributed by atoms with Crippen molar-refractivity contribution < 1.29 is 19.0 Å². The summed E-state index contributed by atoms with van der Waals surface area (Å²) in [4.78, 5) is 20.7. The van der Waals surface area contributed by atoms with Gasteiger partial charge in [-0.1, -0.05) is 17.4 Å². The monoisotopic (exact) mass is 447 g/mol. The first kappa shape index (κ1) is 19.8. The highest BCUT2D eigenvalue weighted by atomic mass is 32.1. The average molecular weight is 447 g/mol. The lowest BCUT2D eigenvalue weighted by atomic mass is 10.1. The average Bonchev–Trinajstić information content (AvgIpc) is 3.37. The van der Waals surface area contributed by atoms with Gasteiger partial charge in [-0.25, -0.2) is 14.8 Å². The third kappa shape index (κ3) is 3.38. The van der Waals surface area contributed by atoms with Crippen LogP contribution in [0, 0.1) is 0 Å². The van der Waals surface area contributed by atoms with E-state index in [1.54, 1.807) is 30.5 Å². The summed E-state index contributed by atoms with van der Waals surface area (Å²) in [6, 6.07) is 14.3. The van der Waals surface area contributed by atoms with Crippen LogP contribution in [0.3, 0.4) is 0 Å². The molecule has 0 spiro atoms. The number of ether oxygens (including phenoxy) is 2. The van der Waals surface area contributed by atoms with Crippen molar-refractivity contribution in [3.8, 4) is 28.5 Å². The van der Waals surface area contributed by atoms with Crippen LogP contribution in [-0.4, -0.2) is 34.9 Å². The normalized spacial score (nSPS) is 11.6. The molecule has 0 unspecified atom stereocenters. The molecule has 0 aliphatic carbocycles. The molecule has 0 amide bonds. The lowest BCUT2D eigenvalue weighted by Crippen LogP contribution is -1.89. The van der Waals surface area contributed by atoms with Gasteiger partial charge in [0.15, 0.2) is 28.6 Å². The van der Waals surface area contributed by atoms with Crippen LogP contribution in [0.4, 0.5) is 5.82 Å². The van der Waals surface area contributed by atoms with Gasteiger partial charge in [0.1, 0.15) is 11.3 Å². The lowest BCUT2D eigenvalue weighted by Gasteiger charge is -2.06. The molecule has 5 aromatic rings. The van der Waals surface area contributed by atoms with Crippen LogP contribution < -0.4 is 14.4 Å². The standard InChI is InChI=1S/C23H17N3O5S/c1-29-16-11-14(6-7-15(16)27)20-22(26-8-4-3-5-19(26)25-20)24-12-13-9-17(30-2)21-18(10-13)32-23(28)31-21/h3-12,27H,1-2H3/b24-12+. The smallest absolute Gasteiger partial charge is 0.396 e. The third-order valence-corrected chi connectivity index (χ3v) is 5.71. The van der Waals surface area contributed by atoms with Crippen molar-refractivity contribution in [2.24, 2.45) is 4.99 Å². The van der Waals surface area contributed by atoms with E-state index in [2.05, 4.69) is 0 Å². The van der Waals surface area contributed by atoms with Gasteiger partial charge in [0.2, 0.25) is 0 Å². The molecule has 0 aliphatic heterocycles. The number of aromatic nitrogens is 2. The molecule has 0 atom stereocenters. The number of nitrogens with zero attached hydrogens (tertiary/aromatic N) is 3. The highest BCUT2D eigenvalue weighted by molar-refractivity contribution is 7.16. The summed E-state index contributed by atoms with van der Waals surface area (Å²) >= 11 is 1.01. The van der Waals surface area contributed by atoms with Gasteiger partial charge < -0.3 is 19.0 Å². The first-order chi connectivity index (χ1) is 15.6. The number of hydrogen-bond acceptors (Lipinski definition) is 8. The van der Waals surface area contributed by atoms with Crippen molar-refractivity contribution >= 4 is 39.3 Å². The van der Waals surface area contributed by atoms with E-state index in [9.17, 15) is 9.90 Å². The Hall–Kier alpha value is -4.11. The SMILES string of the molecule is COc1cc(-c2nc3ccccn3c2/N=C/c2cc(OC)c3oc(=O)sc3c2)ccc1O. The quantitative estimate of drug-likeness (QED) is 0.394. The molecule has 2 aromatic carbocycles. The van der Waals surface area contributed by atoms with Gasteiger partial charge in [0.25, 0.3) is 0 Å². The molecule has 5 rings (SSSR count). The van der Waals surface area contributed by atoms with Crippen molar-refractivity contribution in [3.63, 3.8) is 0 Å². The number of rotatable bonds is 5.